The number of rotatable bonds is 11. The summed E-state index contributed by atoms with van der Waals surface area (Å²) in [4.78, 5) is 24.3. The second-order valence-corrected chi connectivity index (χ2v) is 10.7. The highest BCUT2D eigenvalue weighted by atomic mass is 32.2. The summed E-state index contributed by atoms with van der Waals surface area (Å²) in [5.74, 6) is -3.67. The minimum absolute atomic E-state index is 0.0182. The van der Waals surface area contributed by atoms with Crippen LogP contribution in [0.1, 0.15) is 24.2 Å². The van der Waals surface area contributed by atoms with Crippen molar-refractivity contribution in [2.45, 2.75) is 13.8 Å². The molecule has 0 aliphatic rings. The molecule has 0 atom stereocenters. The Morgan fingerprint density at radius 1 is 0.971 bits per heavy atom. The molecule has 2 amide bonds. The van der Waals surface area contributed by atoms with Crippen LogP contribution in [-0.4, -0.2) is 53.6 Å². The summed E-state index contributed by atoms with van der Waals surface area (Å²) < 4.78 is 87.5. The van der Waals surface area contributed by atoms with Gasteiger partial charge in [0.2, 0.25) is 0 Å². The van der Waals surface area contributed by atoms with Gasteiger partial charge in [0, 0.05) is 23.1 Å². The molecule has 0 aliphatic carbocycles. The zero-order chi connectivity index (χ0) is 26.2. The Morgan fingerprint density at radius 3 is 2.31 bits per heavy atom. The van der Waals surface area contributed by atoms with Crippen LogP contribution >= 0.6 is 0 Å². The predicted octanol–water partition coefficient (Wildman–Crippen LogP) is 2.43. The Hall–Kier alpha value is -3.46. The summed E-state index contributed by atoms with van der Waals surface area (Å²) in [5, 5.41) is 2.34. The number of carbonyl (C=O) groups is 2. The molecule has 2 aromatic rings. The fourth-order valence-corrected chi connectivity index (χ4v) is 3.93. The Kier molecular flexibility index (Phi) is 9.36. The number of hydrogen-bond donors (Lipinski definition) is 3. The largest absolute Gasteiger partial charge is 0.492 e. The van der Waals surface area contributed by atoms with E-state index in [1.165, 1.54) is 19.1 Å². The molecule has 0 bridgehead atoms. The first-order valence-corrected chi connectivity index (χ1v) is 13.4. The van der Waals surface area contributed by atoms with E-state index in [1.54, 1.807) is 11.6 Å². The SMILES string of the molecule is CCOc1ccc(C(=O)Nc2ccc(F)c(F)c2)cc1NS(=O)(=O)NC(=O)OCCS(=O)(=O)CC. The smallest absolute Gasteiger partial charge is 0.422 e. The Balaban J connectivity index is 2.15. The Bertz CT molecular complexity index is 1300. The average Bonchev–Trinajstić information content (AvgIpc) is 2.76. The number of anilines is 2. The van der Waals surface area contributed by atoms with Gasteiger partial charge in [-0.2, -0.15) is 8.42 Å². The van der Waals surface area contributed by atoms with E-state index in [1.807, 2.05) is 4.72 Å². The van der Waals surface area contributed by atoms with Gasteiger partial charge < -0.3 is 14.8 Å². The molecular formula is C20H23F2N3O8S2. The van der Waals surface area contributed by atoms with E-state index in [2.05, 4.69) is 10.1 Å². The van der Waals surface area contributed by atoms with Crippen molar-refractivity contribution in [3.05, 3.63) is 53.6 Å². The quantitative estimate of drug-likeness (QED) is 0.396. The molecular weight excluding hydrogens is 512 g/mol. The van der Waals surface area contributed by atoms with Gasteiger partial charge in [-0.3, -0.25) is 9.52 Å². The van der Waals surface area contributed by atoms with Crippen molar-refractivity contribution < 1.29 is 44.7 Å². The van der Waals surface area contributed by atoms with Gasteiger partial charge >= 0.3 is 16.3 Å². The fourth-order valence-electron chi connectivity index (χ4n) is 2.52. The number of sulfone groups is 1. The highest BCUT2D eigenvalue weighted by molar-refractivity contribution is 7.91. The van der Waals surface area contributed by atoms with Crippen LogP contribution in [0, 0.1) is 11.6 Å². The highest BCUT2D eigenvalue weighted by Gasteiger charge is 2.20. The third-order valence-corrected chi connectivity index (χ3v) is 6.84. The first-order chi connectivity index (χ1) is 16.4. The summed E-state index contributed by atoms with van der Waals surface area (Å²) in [6.07, 6.45) is -1.42. The maximum atomic E-state index is 13.4. The van der Waals surface area contributed by atoms with E-state index in [-0.39, 0.29) is 35.0 Å². The molecule has 0 saturated carbocycles. The predicted molar refractivity (Wildman–Crippen MR) is 123 cm³/mol. The number of amides is 2. The van der Waals surface area contributed by atoms with Crippen LogP contribution in [0.25, 0.3) is 0 Å². The van der Waals surface area contributed by atoms with Crippen molar-refractivity contribution in [1.82, 2.24) is 4.72 Å². The minimum Gasteiger partial charge on any atom is -0.492 e. The van der Waals surface area contributed by atoms with Gasteiger partial charge in [0.1, 0.15) is 12.4 Å². The maximum absolute atomic E-state index is 13.4. The lowest BCUT2D eigenvalue weighted by Crippen LogP contribution is -2.36. The van der Waals surface area contributed by atoms with Gasteiger partial charge in [-0.15, -0.1) is 0 Å². The number of hydrogen-bond acceptors (Lipinski definition) is 8. The van der Waals surface area contributed by atoms with Crippen molar-refractivity contribution >= 4 is 43.4 Å². The molecule has 0 heterocycles. The number of carbonyl (C=O) groups excluding carboxylic acids is 2. The Morgan fingerprint density at radius 2 is 1.69 bits per heavy atom. The van der Waals surface area contributed by atoms with Crippen LogP contribution < -0.4 is 19.5 Å². The third kappa shape index (κ3) is 8.68. The lowest BCUT2D eigenvalue weighted by atomic mass is 10.1. The van der Waals surface area contributed by atoms with E-state index in [9.17, 15) is 35.2 Å². The summed E-state index contributed by atoms with van der Waals surface area (Å²) in [6.45, 7) is 2.62. The van der Waals surface area contributed by atoms with Crippen molar-refractivity contribution in [1.29, 1.82) is 0 Å². The highest BCUT2D eigenvalue weighted by Crippen LogP contribution is 2.27. The molecule has 0 spiro atoms. The van der Waals surface area contributed by atoms with E-state index >= 15 is 0 Å². The molecule has 15 heteroatoms. The molecule has 0 radical (unpaired) electrons. The molecule has 11 nitrogen and oxygen atoms in total. The normalized spacial score (nSPS) is 11.4. The Labute approximate surface area is 200 Å². The van der Waals surface area contributed by atoms with Crippen LogP contribution in [0.5, 0.6) is 5.75 Å². The topological polar surface area (TPSA) is 157 Å². The van der Waals surface area contributed by atoms with Crippen LogP contribution in [0.2, 0.25) is 0 Å². The van der Waals surface area contributed by atoms with Gasteiger partial charge in [0.25, 0.3) is 5.91 Å². The second-order valence-electron chi connectivity index (χ2n) is 6.81. The lowest BCUT2D eigenvalue weighted by Gasteiger charge is -2.15. The average molecular weight is 536 g/mol. The van der Waals surface area contributed by atoms with Crippen molar-refractivity contribution in [3.8, 4) is 5.75 Å². The van der Waals surface area contributed by atoms with Crippen LogP contribution in [0.15, 0.2) is 36.4 Å². The number of halogens is 2. The first-order valence-electron chi connectivity index (χ1n) is 10.1. The standard InChI is InChI=1S/C20H23F2N3O8S2/c1-3-32-18-8-5-13(19(26)23-14-6-7-15(21)16(22)12-14)11-17(18)24-35(30,31)25-20(27)33-9-10-34(28,29)4-2/h5-8,11-12,24H,3-4,9-10H2,1-2H3,(H,23,26)(H,25,27). The van der Waals surface area contributed by atoms with Gasteiger partial charge in [-0.1, -0.05) is 6.92 Å². The van der Waals surface area contributed by atoms with Gasteiger partial charge in [-0.25, -0.2) is 26.7 Å². The van der Waals surface area contributed by atoms with Crippen molar-refractivity contribution in [2.24, 2.45) is 0 Å². The molecule has 192 valence electrons. The van der Waals surface area contributed by atoms with Gasteiger partial charge in [0.15, 0.2) is 21.5 Å². The van der Waals surface area contributed by atoms with Crippen LogP contribution in [0.3, 0.4) is 0 Å². The molecule has 2 aromatic carbocycles. The third-order valence-electron chi connectivity index (χ3n) is 4.25. The summed E-state index contributed by atoms with van der Waals surface area (Å²) in [7, 11) is -8.01. The number of ether oxygens (including phenoxy) is 2. The van der Waals surface area contributed by atoms with Gasteiger partial charge in [0.05, 0.1) is 18.0 Å². The summed E-state index contributed by atoms with van der Waals surface area (Å²) in [6, 6.07) is 6.41. The molecule has 35 heavy (non-hydrogen) atoms. The maximum Gasteiger partial charge on any atom is 0.422 e. The first kappa shape index (κ1) is 27.8. The van der Waals surface area contributed by atoms with E-state index < -0.39 is 56.0 Å². The van der Waals surface area contributed by atoms with Gasteiger partial charge in [-0.05, 0) is 37.3 Å². The molecule has 3 N–H and O–H groups in total. The summed E-state index contributed by atoms with van der Waals surface area (Å²) in [5.41, 5.74) is -0.346. The monoisotopic (exact) mass is 535 g/mol. The summed E-state index contributed by atoms with van der Waals surface area (Å²) >= 11 is 0. The molecule has 2 rings (SSSR count). The minimum atomic E-state index is -4.58. The zero-order valence-electron chi connectivity index (χ0n) is 18.6. The molecule has 0 fully saturated rings. The molecule has 0 aromatic heterocycles. The molecule has 0 unspecified atom stereocenters. The van der Waals surface area contributed by atoms with Crippen LogP contribution in [-0.2, 0) is 24.8 Å². The number of benzene rings is 2. The van der Waals surface area contributed by atoms with Crippen molar-refractivity contribution in [2.75, 3.05) is 34.8 Å². The van der Waals surface area contributed by atoms with Crippen LogP contribution in [0.4, 0.5) is 25.0 Å². The van der Waals surface area contributed by atoms with E-state index in [0.29, 0.717) is 0 Å². The molecule has 0 saturated heterocycles. The van der Waals surface area contributed by atoms with E-state index in [0.717, 1.165) is 24.3 Å². The van der Waals surface area contributed by atoms with Crippen molar-refractivity contribution in [3.63, 3.8) is 0 Å². The molecule has 0 aliphatic heterocycles. The lowest BCUT2D eigenvalue weighted by molar-refractivity contribution is 0.102. The fraction of sp³-hybridized carbons (Fsp3) is 0.300. The van der Waals surface area contributed by atoms with E-state index in [4.69, 9.17) is 4.74 Å². The number of nitrogens with one attached hydrogen (secondary N) is 3. The zero-order valence-corrected chi connectivity index (χ0v) is 20.3. The second kappa shape index (κ2) is 11.8.